The smallest absolute Gasteiger partial charge is 0.311 e. The quantitative estimate of drug-likeness (QED) is 0.679. The zero-order chi connectivity index (χ0) is 11.0. The molecule has 0 saturated heterocycles. The summed E-state index contributed by atoms with van der Waals surface area (Å²) in [5.74, 6) is -0.256. The SMILES string of the molecule is CC.COC(=O)Cc1cc(C)ccn1. The summed E-state index contributed by atoms with van der Waals surface area (Å²) in [6.45, 7) is 5.96. The number of hydrogen-bond donors (Lipinski definition) is 0. The van der Waals surface area contributed by atoms with Gasteiger partial charge in [0.2, 0.25) is 0 Å². The molecule has 0 saturated carbocycles. The molecule has 0 aliphatic rings. The van der Waals surface area contributed by atoms with Crippen LogP contribution in [0.5, 0.6) is 0 Å². The van der Waals surface area contributed by atoms with Crippen LogP contribution in [0.1, 0.15) is 25.1 Å². The highest BCUT2D eigenvalue weighted by atomic mass is 16.5. The molecule has 3 nitrogen and oxygen atoms in total. The van der Waals surface area contributed by atoms with E-state index in [0.29, 0.717) is 0 Å². The summed E-state index contributed by atoms with van der Waals surface area (Å²) in [4.78, 5) is 14.9. The molecule has 0 aliphatic carbocycles. The number of aromatic nitrogens is 1. The van der Waals surface area contributed by atoms with E-state index >= 15 is 0 Å². The van der Waals surface area contributed by atoms with E-state index in [4.69, 9.17) is 0 Å². The van der Waals surface area contributed by atoms with Crippen molar-refractivity contribution in [1.82, 2.24) is 4.98 Å². The van der Waals surface area contributed by atoms with Gasteiger partial charge in [0.25, 0.3) is 0 Å². The van der Waals surface area contributed by atoms with Gasteiger partial charge >= 0.3 is 5.97 Å². The van der Waals surface area contributed by atoms with Crippen molar-refractivity contribution < 1.29 is 9.53 Å². The average Bonchev–Trinajstić information content (AvgIpc) is 2.21. The molecule has 1 heterocycles. The predicted molar refractivity (Wildman–Crippen MR) is 56.0 cm³/mol. The molecule has 0 aliphatic heterocycles. The molecule has 0 atom stereocenters. The molecule has 0 amide bonds. The summed E-state index contributed by atoms with van der Waals surface area (Å²) in [5.41, 5.74) is 1.85. The zero-order valence-electron chi connectivity index (χ0n) is 9.20. The van der Waals surface area contributed by atoms with Gasteiger partial charge in [-0.25, -0.2) is 0 Å². The molecule has 0 spiro atoms. The summed E-state index contributed by atoms with van der Waals surface area (Å²) < 4.78 is 4.52. The Bertz CT molecular complexity index is 284. The van der Waals surface area contributed by atoms with Gasteiger partial charge in [0, 0.05) is 6.20 Å². The fourth-order valence-electron chi connectivity index (χ4n) is 0.915. The van der Waals surface area contributed by atoms with E-state index in [-0.39, 0.29) is 12.4 Å². The van der Waals surface area contributed by atoms with Crippen molar-refractivity contribution in [2.24, 2.45) is 0 Å². The first-order chi connectivity index (χ1) is 6.72. The molecular weight excluding hydrogens is 178 g/mol. The third-order valence-corrected chi connectivity index (χ3v) is 1.53. The van der Waals surface area contributed by atoms with Crippen LogP contribution in [0.2, 0.25) is 0 Å². The largest absolute Gasteiger partial charge is 0.469 e. The third kappa shape index (κ3) is 4.60. The van der Waals surface area contributed by atoms with Crippen molar-refractivity contribution in [2.75, 3.05) is 7.11 Å². The number of methoxy groups -OCH3 is 1. The molecule has 1 aromatic rings. The molecule has 0 aromatic carbocycles. The minimum absolute atomic E-state index is 0.248. The van der Waals surface area contributed by atoms with E-state index in [0.717, 1.165) is 11.3 Å². The Labute approximate surface area is 85.1 Å². The van der Waals surface area contributed by atoms with Crippen LogP contribution in [0.15, 0.2) is 18.3 Å². The Morgan fingerprint density at radius 2 is 2.14 bits per heavy atom. The molecule has 78 valence electrons. The lowest BCUT2D eigenvalue weighted by molar-refractivity contribution is -0.139. The number of pyridine rings is 1. The lowest BCUT2D eigenvalue weighted by Gasteiger charge is -1.99. The Balaban J connectivity index is 0.000000791. The molecule has 0 bridgehead atoms. The molecule has 1 aromatic heterocycles. The molecule has 14 heavy (non-hydrogen) atoms. The van der Waals surface area contributed by atoms with E-state index in [1.807, 2.05) is 32.9 Å². The third-order valence-electron chi connectivity index (χ3n) is 1.53. The van der Waals surface area contributed by atoms with Crippen LogP contribution in [-0.4, -0.2) is 18.1 Å². The van der Waals surface area contributed by atoms with Crippen LogP contribution < -0.4 is 0 Å². The van der Waals surface area contributed by atoms with Gasteiger partial charge in [-0.2, -0.15) is 0 Å². The molecule has 3 heteroatoms. The number of rotatable bonds is 2. The summed E-state index contributed by atoms with van der Waals surface area (Å²) in [7, 11) is 1.37. The number of carbonyl (C=O) groups excluding carboxylic acids is 1. The van der Waals surface area contributed by atoms with Crippen LogP contribution in [-0.2, 0) is 16.0 Å². The maximum Gasteiger partial charge on any atom is 0.311 e. The molecule has 1 rings (SSSR count). The van der Waals surface area contributed by atoms with Gasteiger partial charge in [0.1, 0.15) is 0 Å². The summed E-state index contributed by atoms with van der Waals surface area (Å²) in [6.07, 6.45) is 1.94. The fraction of sp³-hybridized carbons (Fsp3) is 0.455. The van der Waals surface area contributed by atoms with Crippen molar-refractivity contribution in [2.45, 2.75) is 27.2 Å². The van der Waals surface area contributed by atoms with Gasteiger partial charge < -0.3 is 4.74 Å². The Hall–Kier alpha value is -1.38. The first-order valence-corrected chi connectivity index (χ1v) is 4.70. The Kier molecular flexibility index (Phi) is 6.37. The first kappa shape index (κ1) is 12.6. The number of aryl methyl sites for hydroxylation is 1. The van der Waals surface area contributed by atoms with Gasteiger partial charge in [0.15, 0.2) is 0 Å². The van der Waals surface area contributed by atoms with Crippen molar-refractivity contribution >= 4 is 5.97 Å². The normalized spacial score (nSPS) is 8.57. The lowest BCUT2D eigenvalue weighted by Crippen LogP contribution is -2.05. The zero-order valence-corrected chi connectivity index (χ0v) is 9.20. The van der Waals surface area contributed by atoms with Gasteiger partial charge in [-0.1, -0.05) is 13.8 Å². The molecule has 0 N–H and O–H groups in total. The van der Waals surface area contributed by atoms with E-state index in [2.05, 4.69) is 9.72 Å². The van der Waals surface area contributed by atoms with E-state index in [1.54, 1.807) is 6.20 Å². The minimum atomic E-state index is -0.256. The molecule has 0 unspecified atom stereocenters. The minimum Gasteiger partial charge on any atom is -0.469 e. The van der Waals surface area contributed by atoms with Gasteiger partial charge in [-0.15, -0.1) is 0 Å². The summed E-state index contributed by atoms with van der Waals surface area (Å²) >= 11 is 0. The maximum atomic E-state index is 10.8. The van der Waals surface area contributed by atoms with Crippen molar-refractivity contribution in [3.8, 4) is 0 Å². The van der Waals surface area contributed by atoms with Gasteiger partial charge in [-0.05, 0) is 24.6 Å². The van der Waals surface area contributed by atoms with E-state index < -0.39 is 0 Å². The van der Waals surface area contributed by atoms with Crippen LogP contribution in [0.25, 0.3) is 0 Å². The standard InChI is InChI=1S/C9H11NO2.C2H6/c1-7-3-4-10-8(5-7)6-9(11)12-2;1-2/h3-5H,6H2,1-2H3;1-2H3. The number of carbonyl (C=O) groups is 1. The molecule has 0 fully saturated rings. The highest BCUT2D eigenvalue weighted by Crippen LogP contribution is 2.00. The van der Waals surface area contributed by atoms with Crippen LogP contribution >= 0.6 is 0 Å². The molecular formula is C11H17NO2. The number of ether oxygens (including phenoxy) is 1. The Morgan fingerprint density at radius 1 is 1.50 bits per heavy atom. The highest BCUT2D eigenvalue weighted by molar-refractivity contribution is 5.71. The van der Waals surface area contributed by atoms with E-state index in [1.165, 1.54) is 7.11 Å². The second kappa shape index (κ2) is 7.06. The predicted octanol–water partition coefficient (Wildman–Crippen LogP) is 2.13. The van der Waals surface area contributed by atoms with Crippen LogP contribution in [0.3, 0.4) is 0 Å². The Morgan fingerprint density at radius 3 is 2.64 bits per heavy atom. The second-order valence-electron chi connectivity index (χ2n) is 2.58. The number of nitrogens with zero attached hydrogens (tertiary/aromatic N) is 1. The lowest BCUT2D eigenvalue weighted by atomic mass is 10.2. The molecule has 0 radical (unpaired) electrons. The fourth-order valence-corrected chi connectivity index (χ4v) is 0.915. The maximum absolute atomic E-state index is 10.8. The number of hydrogen-bond acceptors (Lipinski definition) is 3. The summed E-state index contributed by atoms with van der Waals surface area (Å²) in [6, 6.07) is 3.76. The first-order valence-electron chi connectivity index (χ1n) is 4.70. The van der Waals surface area contributed by atoms with E-state index in [9.17, 15) is 4.79 Å². The summed E-state index contributed by atoms with van der Waals surface area (Å²) in [5, 5.41) is 0. The van der Waals surface area contributed by atoms with Gasteiger partial charge in [0.05, 0.1) is 19.2 Å². The van der Waals surface area contributed by atoms with Crippen LogP contribution in [0.4, 0.5) is 0 Å². The number of esters is 1. The average molecular weight is 195 g/mol. The van der Waals surface area contributed by atoms with Gasteiger partial charge in [-0.3, -0.25) is 9.78 Å². The highest BCUT2D eigenvalue weighted by Gasteiger charge is 2.02. The topological polar surface area (TPSA) is 39.2 Å². The second-order valence-corrected chi connectivity index (χ2v) is 2.58. The van der Waals surface area contributed by atoms with Crippen molar-refractivity contribution in [3.05, 3.63) is 29.6 Å². The van der Waals surface area contributed by atoms with Crippen molar-refractivity contribution in [1.29, 1.82) is 0 Å². The van der Waals surface area contributed by atoms with Crippen molar-refractivity contribution in [3.63, 3.8) is 0 Å². The van der Waals surface area contributed by atoms with Crippen LogP contribution in [0, 0.1) is 6.92 Å². The monoisotopic (exact) mass is 195 g/mol.